The molecule has 0 saturated heterocycles. The Labute approximate surface area is 123 Å². The van der Waals surface area contributed by atoms with Crippen LogP contribution in [0, 0.1) is 5.92 Å². The molecule has 0 aromatic heterocycles. The van der Waals surface area contributed by atoms with Crippen molar-refractivity contribution >= 4 is 5.97 Å². The Morgan fingerprint density at radius 2 is 1.85 bits per heavy atom. The first kappa shape index (κ1) is 17.4. The second-order valence-electron chi connectivity index (χ2n) is 6.23. The summed E-state index contributed by atoms with van der Waals surface area (Å²) in [6.45, 7) is 8.73. The molecule has 0 heterocycles. The lowest BCUT2D eigenvalue weighted by molar-refractivity contribution is -0.150. The highest BCUT2D eigenvalue weighted by atomic mass is 16.5. The zero-order chi connectivity index (χ0) is 15.0. The van der Waals surface area contributed by atoms with Gasteiger partial charge in [-0.2, -0.15) is 0 Å². The summed E-state index contributed by atoms with van der Waals surface area (Å²) in [5.41, 5.74) is 0. The summed E-state index contributed by atoms with van der Waals surface area (Å²) >= 11 is 0. The molecule has 1 saturated carbocycles. The van der Waals surface area contributed by atoms with E-state index in [1.54, 1.807) is 0 Å². The topological polar surface area (TPSA) is 49.8 Å². The molecule has 0 spiro atoms. The molecule has 1 unspecified atom stereocenters. The lowest BCUT2D eigenvalue weighted by Gasteiger charge is -2.30. The van der Waals surface area contributed by atoms with E-state index in [2.05, 4.69) is 18.7 Å². The van der Waals surface area contributed by atoms with Crippen molar-refractivity contribution < 1.29 is 14.6 Å². The van der Waals surface area contributed by atoms with E-state index < -0.39 is 12.1 Å². The summed E-state index contributed by atoms with van der Waals surface area (Å²) in [5.74, 6) is -0.136. The number of ether oxygens (including phenoxy) is 1. The molecular weight excluding hydrogens is 254 g/mol. The van der Waals surface area contributed by atoms with Gasteiger partial charge in [0.25, 0.3) is 0 Å². The molecule has 4 nitrogen and oxygen atoms in total. The van der Waals surface area contributed by atoms with Crippen LogP contribution >= 0.6 is 0 Å². The Hall–Kier alpha value is -0.610. The number of carboxylic acid groups (broad SMARTS) is 1. The van der Waals surface area contributed by atoms with Gasteiger partial charge in [-0.3, -0.25) is 0 Å². The molecular formula is C16H31NO3. The van der Waals surface area contributed by atoms with E-state index in [1.807, 2.05) is 6.92 Å². The number of hydrogen-bond donors (Lipinski definition) is 1. The van der Waals surface area contributed by atoms with E-state index >= 15 is 0 Å². The molecule has 4 heteroatoms. The fourth-order valence-corrected chi connectivity index (χ4v) is 2.93. The third-order valence-corrected chi connectivity index (χ3v) is 4.16. The third-order valence-electron chi connectivity index (χ3n) is 4.16. The Kier molecular flexibility index (Phi) is 8.15. The van der Waals surface area contributed by atoms with E-state index in [1.165, 1.54) is 32.1 Å². The van der Waals surface area contributed by atoms with Crippen molar-refractivity contribution in [1.82, 2.24) is 4.90 Å². The van der Waals surface area contributed by atoms with Crippen LogP contribution in [0.5, 0.6) is 0 Å². The predicted molar refractivity (Wildman–Crippen MR) is 81.0 cm³/mol. The van der Waals surface area contributed by atoms with Gasteiger partial charge in [0.2, 0.25) is 0 Å². The van der Waals surface area contributed by atoms with Crippen LogP contribution in [-0.2, 0) is 9.53 Å². The largest absolute Gasteiger partial charge is 0.479 e. The highest BCUT2D eigenvalue weighted by molar-refractivity contribution is 5.72. The van der Waals surface area contributed by atoms with E-state index in [9.17, 15) is 4.79 Å². The normalized spacial score (nSPS) is 18.1. The number of aliphatic carboxylic acids is 1. The maximum Gasteiger partial charge on any atom is 0.332 e. The standard InChI is InChI=1S/C16H31NO3/c1-4-20-15(16(18)19)10-12-17(11-9-13(2)3)14-7-5-6-8-14/h13-15H,4-12H2,1-3H3,(H,18,19). The van der Waals surface area contributed by atoms with Gasteiger partial charge in [-0.25, -0.2) is 4.79 Å². The second kappa shape index (κ2) is 9.35. The molecule has 1 rings (SSSR count). The van der Waals surface area contributed by atoms with Gasteiger partial charge in [0, 0.05) is 19.2 Å². The quantitative estimate of drug-likeness (QED) is 0.670. The van der Waals surface area contributed by atoms with Crippen molar-refractivity contribution in [2.24, 2.45) is 5.92 Å². The molecule has 0 amide bonds. The molecule has 0 bridgehead atoms. The Balaban J connectivity index is 2.47. The summed E-state index contributed by atoms with van der Waals surface area (Å²) in [7, 11) is 0. The summed E-state index contributed by atoms with van der Waals surface area (Å²) in [6.07, 6.45) is 6.30. The molecule has 0 aliphatic heterocycles. The zero-order valence-corrected chi connectivity index (χ0v) is 13.3. The molecule has 0 aromatic carbocycles. The van der Waals surface area contributed by atoms with Crippen molar-refractivity contribution in [3.05, 3.63) is 0 Å². The third kappa shape index (κ3) is 6.23. The minimum atomic E-state index is -0.831. The lowest BCUT2D eigenvalue weighted by atomic mass is 10.1. The molecule has 1 N–H and O–H groups in total. The van der Waals surface area contributed by atoms with Crippen LogP contribution in [0.1, 0.15) is 59.3 Å². The predicted octanol–water partition coefficient (Wildman–Crippen LogP) is 3.16. The fraction of sp³-hybridized carbons (Fsp3) is 0.938. The molecule has 1 aliphatic carbocycles. The second-order valence-corrected chi connectivity index (χ2v) is 6.23. The SMILES string of the molecule is CCOC(CCN(CCC(C)C)C1CCCC1)C(=O)O. The van der Waals surface area contributed by atoms with E-state index in [0.29, 0.717) is 25.0 Å². The van der Waals surface area contributed by atoms with Crippen LogP contribution in [0.4, 0.5) is 0 Å². The maximum atomic E-state index is 11.1. The molecule has 118 valence electrons. The average Bonchev–Trinajstić information content (AvgIpc) is 2.90. The highest BCUT2D eigenvalue weighted by Crippen LogP contribution is 2.24. The monoisotopic (exact) mass is 285 g/mol. The number of nitrogens with zero attached hydrogens (tertiary/aromatic N) is 1. The van der Waals surface area contributed by atoms with Crippen LogP contribution in [0.2, 0.25) is 0 Å². The van der Waals surface area contributed by atoms with Crippen molar-refractivity contribution in [2.45, 2.75) is 71.4 Å². The van der Waals surface area contributed by atoms with E-state index in [-0.39, 0.29) is 0 Å². The first-order chi connectivity index (χ1) is 9.54. The Morgan fingerprint density at radius 1 is 1.25 bits per heavy atom. The fourth-order valence-electron chi connectivity index (χ4n) is 2.93. The average molecular weight is 285 g/mol. The highest BCUT2D eigenvalue weighted by Gasteiger charge is 2.25. The van der Waals surface area contributed by atoms with Gasteiger partial charge in [0.05, 0.1) is 0 Å². The number of rotatable bonds is 10. The van der Waals surface area contributed by atoms with E-state index in [0.717, 1.165) is 13.1 Å². The lowest BCUT2D eigenvalue weighted by Crippen LogP contribution is -2.38. The van der Waals surface area contributed by atoms with Gasteiger partial charge in [0.15, 0.2) is 6.10 Å². The number of carbonyl (C=O) groups is 1. The van der Waals surface area contributed by atoms with E-state index in [4.69, 9.17) is 9.84 Å². The molecule has 1 fully saturated rings. The van der Waals surface area contributed by atoms with Crippen LogP contribution in [-0.4, -0.2) is 47.8 Å². The van der Waals surface area contributed by atoms with Gasteiger partial charge < -0.3 is 14.7 Å². The zero-order valence-electron chi connectivity index (χ0n) is 13.3. The van der Waals surface area contributed by atoms with Crippen molar-refractivity contribution in [3.63, 3.8) is 0 Å². The first-order valence-electron chi connectivity index (χ1n) is 8.13. The molecule has 1 atom stereocenters. The molecule has 0 aromatic rings. The minimum Gasteiger partial charge on any atom is -0.479 e. The van der Waals surface area contributed by atoms with Crippen molar-refractivity contribution in [3.8, 4) is 0 Å². The summed E-state index contributed by atoms with van der Waals surface area (Å²) < 4.78 is 5.32. The Bertz CT molecular complexity index is 275. The van der Waals surface area contributed by atoms with Crippen molar-refractivity contribution in [1.29, 1.82) is 0 Å². The van der Waals surface area contributed by atoms with Crippen LogP contribution in [0.3, 0.4) is 0 Å². The van der Waals surface area contributed by atoms with Crippen LogP contribution < -0.4 is 0 Å². The van der Waals surface area contributed by atoms with Crippen molar-refractivity contribution in [2.75, 3.05) is 19.7 Å². The molecule has 0 radical (unpaired) electrons. The molecule has 20 heavy (non-hydrogen) atoms. The minimum absolute atomic E-state index is 0.465. The maximum absolute atomic E-state index is 11.1. The summed E-state index contributed by atoms with van der Waals surface area (Å²) in [5, 5.41) is 9.16. The number of hydrogen-bond acceptors (Lipinski definition) is 3. The van der Waals surface area contributed by atoms with Gasteiger partial charge in [-0.15, -0.1) is 0 Å². The van der Waals surface area contributed by atoms with Gasteiger partial charge in [0.1, 0.15) is 0 Å². The Morgan fingerprint density at radius 3 is 2.35 bits per heavy atom. The first-order valence-corrected chi connectivity index (χ1v) is 8.13. The van der Waals surface area contributed by atoms with Gasteiger partial charge in [-0.1, -0.05) is 26.7 Å². The van der Waals surface area contributed by atoms with Crippen LogP contribution in [0.25, 0.3) is 0 Å². The number of carboxylic acids is 1. The van der Waals surface area contributed by atoms with Gasteiger partial charge >= 0.3 is 5.97 Å². The van der Waals surface area contributed by atoms with Gasteiger partial charge in [-0.05, 0) is 45.1 Å². The summed E-state index contributed by atoms with van der Waals surface area (Å²) in [6, 6.07) is 0.657. The van der Waals surface area contributed by atoms with Crippen LogP contribution in [0.15, 0.2) is 0 Å². The smallest absolute Gasteiger partial charge is 0.332 e. The summed E-state index contributed by atoms with van der Waals surface area (Å²) in [4.78, 5) is 13.6. The molecule has 1 aliphatic rings.